The molecule has 1 fully saturated rings. The Morgan fingerprint density at radius 2 is 1.60 bits per heavy atom. The number of nitrogens with zero attached hydrogens (tertiary/aromatic N) is 5. The van der Waals surface area contributed by atoms with Crippen molar-refractivity contribution in [2.75, 3.05) is 38.5 Å². The largest absolute Gasteiger partial charge is 0.353 e. The number of likely N-dealkylation sites (tertiary alicyclic amines) is 1. The van der Waals surface area contributed by atoms with Crippen molar-refractivity contribution < 1.29 is 4.79 Å². The Hall–Kier alpha value is -4.49. The van der Waals surface area contributed by atoms with Crippen LogP contribution in [0.1, 0.15) is 46.8 Å². The van der Waals surface area contributed by atoms with Crippen LogP contribution in [0.3, 0.4) is 0 Å². The lowest BCUT2D eigenvalue weighted by Crippen LogP contribution is -2.40. The molecule has 3 aromatic carbocycles. The number of amides is 1. The fraction of sp³-hybridized carbons (Fsp3) is 0.306. The van der Waals surface area contributed by atoms with E-state index in [2.05, 4.69) is 74.4 Å². The number of para-hydroxylation sites is 2. The van der Waals surface area contributed by atoms with Crippen molar-refractivity contribution in [3.05, 3.63) is 126 Å². The minimum absolute atomic E-state index is 0.0717. The summed E-state index contributed by atoms with van der Waals surface area (Å²) in [5.74, 6) is 1.27. The van der Waals surface area contributed by atoms with Crippen LogP contribution in [0, 0.1) is 0 Å². The van der Waals surface area contributed by atoms with Crippen LogP contribution in [-0.2, 0) is 6.54 Å². The van der Waals surface area contributed by atoms with Gasteiger partial charge in [-0.05, 0) is 67.8 Å². The van der Waals surface area contributed by atoms with E-state index in [4.69, 9.17) is 4.98 Å². The summed E-state index contributed by atoms with van der Waals surface area (Å²) in [6, 6.07) is 34.9. The van der Waals surface area contributed by atoms with Crippen LogP contribution in [0.15, 0.2) is 109 Å². The van der Waals surface area contributed by atoms with E-state index in [9.17, 15) is 4.79 Å². The average Bonchev–Trinajstić information content (AvgIpc) is 3.40. The summed E-state index contributed by atoms with van der Waals surface area (Å²) in [4.78, 5) is 27.0. The van der Waals surface area contributed by atoms with Gasteiger partial charge in [-0.3, -0.25) is 9.78 Å². The SMILES string of the molecule is CN(CC(CCN1CCC(Nc2nc3ccccc3n2Cc2ccccn2)CC1)c1ccccc1)C(=O)c1ccccc1. The number of piperidine rings is 1. The fourth-order valence-electron chi connectivity index (χ4n) is 6.12. The maximum Gasteiger partial charge on any atom is 0.253 e. The number of benzene rings is 3. The number of hydrogen-bond acceptors (Lipinski definition) is 5. The fourth-order valence-corrected chi connectivity index (χ4v) is 6.12. The number of carbonyl (C=O) groups excluding carboxylic acids is 1. The first-order chi connectivity index (χ1) is 21.1. The monoisotopic (exact) mass is 572 g/mol. The van der Waals surface area contributed by atoms with Crippen LogP contribution in [0.5, 0.6) is 0 Å². The third kappa shape index (κ3) is 7.12. The van der Waals surface area contributed by atoms with E-state index < -0.39 is 0 Å². The Balaban J connectivity index is 1.07. The van der Waals surface area contributed by atoms with Gasteiger partial charge in [0.1, 0.15) is 0 Å². The van der Waals surface area contributed by atoms with Gasteiger partial charge in [-0.1, -0.05) is 66.7 Å². The predicted molar refractivity (Wildman–Crippen MR) is 173 cm³/mol. The van der Waals surface area contributed by atoms with Gasteiger partial charge in [0.15, 0.2) is 0 Å². The summed E-state index contributed by atoms with van der Waals surface area (Å²) < 4.78 is 2.25. The van der Waals surface area contributed by atoms with Crippen molar-refractivity contribution in [3.63, 3.8) is 0 Å². The lowest BCUT2D eigenvalue weighted by atomic mass is 9.94. The number of likely N-dealkylation sites (N-methyl/N-ethyl adjacent to an activating group) is 1. The zero-order chi connectivity index (χ0) is 29.4. The van der Waals surface area contributed by atoms with E-state index in [1.807, 2.05) is 66.7 Å². The Labute approximate surface area is 254 Å². The number of nitrogens with one attached hydrogen (secondary N) is 1. The van der Waals surface area contributed by atoms with Crippen LogP contribution in [-0.4, -0.2) is 69.5 Å². The molecule has 1 unspecified atom stereocenters. The highest BCUT2D eigenvalue weighted by Gasteiger charge is 2.24. The second-order valence-electron chi connectivity index (χ2n) is 11.5. The Kier molecular flexibility index (Phi) is 9.09. The molecule has 43 heavy (non-hydrogen) atoms. The third-order valence-corrected chi connectivity index (χ3v) is 8.55. The molecule has 5 aromatic rings. The molecular formula is C36H40N6O. The summed E-state index contributed by atoms with van der Waals surface area (Å²) in [6.07, 6.45) is 4.98. The molecule has 1 aliphatic rings. The highest BCUT2D eigenvalue weighted by atomic mass is 16.2. The van der Waals surface area contributed by atoms with Gasteiger partial charge in [0.25, 0.3) is 5.91 Å². The average molecular weight is 573 g/mol. The van der Waals surface area contributed by atoms with Crippen molar-refractivity contribution in [2.24, 2.45) is 0 Å². The minimum Gasteiger partial charge on any atom is -0.353 e. The quantitative estimate of drug-likeness (QED) is 0.201. The summed E-state index contributed by atoms with van der Waals surface area (Å²) in [6.45, 7) is 4.47. The van der Waals surface area contributed by atoms with Crippen molar-refractivity contribution in [3.8, 4) is 0 Å². The number of carbonyl (C=O) groups is 1. The number of pyridine rings is 1. The third-order valence-electron chi connectivity index (χ3n) is 8.55. The minimum atomic E-state index is 0.0717. The predicted octanol–water partition coefficient (Wildman–Crippen LogP) is 6.30. The van der Waals surface area contributed by atoms with E-state index >= 15 is 0 Å². The first-order valence-corrected chi connectivity index (χ1v) is 15.3. The van der Waals surface area contributed by atoms with E-state index in [0.29, 0.717) is 19.1 Å². The Bertz CT molecular complexity index is 1600. The normalized spacial score (nSPS) is 14.9. The van der Waals surface area contributed by atoms with Gasteiger partial charge >= 0.3 is 0 Å². The van der Waals surface area contributed by atoms with Crippen LogP contribution >= 0.6 is 0 Å². The molecule has 0 radical (unpaired) electrons. The van der Waals surface area contributed by atoms with Gasteiger partial charge in [-0.15, -0.1) is 0 Å². The van der Waals surface area contributed by atoms with Crippen molar-refractivity contribution in [1.82, 2.24) is 24.3 Å². The van der Waals surface area contributed by atoms with Gasteiger partial charge in [-0.2, -0.15) is 0 Å². The molecule has 1 amide bonds. The topological polar surface area (TPSA) is 66.3 Å². The number of aromatic nitrogens is 3. The summed E-state index contributed by atoms with van der Waals surface area (Å²) in [7, 11) is 1.92. The van der Waals surface area contributed by atoms with Gasteiger partial charge in [-0.25, -0.2) is 4.98 Å². The molecule has 1 aliphatic heterocycles. The van der Waals surface area contributed by atoms with E-state index in [1.54, 1.807) is 0 Å². The molecule has 0 aliphatic carbocycles. The Morgan fingerprint density at radius 1 is 0.907 bits per heavy atom. The van der Waals surface area contributed by atoms with Crippen LogP contribution in [0.4, 0.5) is 5.95 Å². The molecule has 0 bridgehead atoms. The van der Waals surface area contributed by atoms with Crippen molar-refractivity contribution >= 4 is 22.9 Å². The van der Waals surface area contributed by atoms with Crippen molar-refractivity contribution in [2.45, 2.75) is 37.8 Å². The number of imidazole rings is 1. The second kappa shape index (κ2) is 13.7. The standard InChI is InChI=1S/C36H40N6O/c1-40(35(43)29-14-6-3-7-15-29)26-30(28-12-4-2-5-13-28)19-23-41-24-20-31(21-25-41)38-36-39-33-17-8-9-18-34(33)42(36)27-32-16-10-11-22-37-32/h2-18,22,30-31H,19-21,23-27H2,1H3,(H,38,39). The smallest absolute Gasteiger partial charge is 0.253 e. The summed E-state index contributed by atoms with van der Waals surface area (Å²) in [5, 5.41) is 3.78. The Morgan fingerprint density at radius 3 is 2.35 bits per heavy atom. The molecule has 1 N–H and O–H groups in total. The molecule has 1 saturated heterocycles. The van der Waals surface area contributed by atoms with E-state index in [-0.39, 0.29) is 11.8 Å². The van der Waals surface area contributed by atoms with E-state index in [0.717, 1.165) is 67.1 Å². The molecule has 0 spiro atoms. The highest BCUT2D eigenvalue weighted by Crippen LogP contribution is 2.26. The lowest BCUT2D eigenvalue weighted by molar-refractivity contribution is 0.0782. The second-order valence-corrected chi connectivity index (χ2v) is 11.5. The lowest BCUT2D eigenvalue weighted by Gasteiger charge is -2.34. The zero-order valence-corrected chi connectivity index (χ0v) is 24.8. The molecule has 220 valence electrons. The molecular weight excluding hydrogens is 532 g/mol. The van der Waals surface area contributed by atoms with Gasteiger partial charge in [0.05, 0.1) is 23.3 Å². The number of rotatable bonds is 11. The first kappa shape index (κ1) is 28.6. The first-order valence-electron chi connectivity index (χ1n) is 15.3. The van der Waals surface area contributed by atoms with Crippen LogP contribution < -0.4 is 5.32 Å². The molecule has 2 aromatic heterocycles. The maximum atomic E-state index is 13.1. The van der Waals surface area contributed by atoms with Crippen LogP contribution in [0.2, 0.25) is 0 Å². The molecule has 7 heteroatoms. The highest BCUT2D eigenvalue weighted by molar-refractivity contribution is 5.94. The van der Waals surface area contributed by atoms with Crippen LogP contribution in [0.25, 0.3) is 11.0 Å². The molecule has 0 saturated carbocycles. The summed E-state index contributed by atoms with van der Waals surface area (Å²) >= 11 is 0. The number of hydrogen-bond donors (Lipinski definition) is 1. The zero-order valence-electron chi connectivity index (χ0n) is 24.8. The molecule has 1 atom stereocenters. The van der Waals surface area contributed by atoms with Gasteiger partial charge in [0.2, 0.25) is 5.95 Å². The van der Waals surface area contributed by atoms with E-state index in [1.165, 1.54) is 5.56 Å². The maximum absolute atomic E-state index is 13.1. The molecule has 6 rings (SSSR count). The van der Waals surface area contributed by atoms with Crippen molar-refractivity contribution in [1.29, 1.82) is 0 Å². The number of fused-ring (bicyclic) bond motifs is 1. The molecule has 3 heterocycles. The van der Waals surface area contributed by atoms with Gasteiger partial charge in [0, 0.05) is 50.4 Å². The molecule has 7 nitrogen and oxygen atoms in total. The number of anilines is 1. The van der Waals surface area contributed by atoms with Gasteiger partial charge < -0.3 is 19.7 Å². The summed E-state index contributed by atoms with van der Waals surface area (Å²) in [5.41, 5.74) is 5.17.